The molecule has 0 radical (unpaired) electrons. The SMILES string of the molecule is C=CC[N@+]1(C)CC[C@@]23CCCCC2C1Cc1ccc(O)cc13.C=CC[N@@+]1(C)CC[C@]23CCCCC2C1Cc1ccc(C)cc13.C[N+]1(C)CC[C@@]23CC(=O)C(CO)CC2C1Cc1ccc(CO)c(O)c13.C[N+]1(C)CC[C@@]23CCCCC2C1Cc1ccc(CO)cc13.C[N+]1(C)CC[C@@]23CCCCC2C1Cc1ccc(O)cc13.Cc1ccc2c(c1)[C@@]13CCCCC1C(C2)[N+](C)(C)CC3. The van der Waals surface area contributed by atoms with Gasteiger partial charge in [-0.25, -0.2) is 0 Å². The number of rotatable bonds is 7. The van der Waals surface area contributed by atoms with Crippen LogP contribution in [0.5, 0.6) is 17.2 Å². The number of aromatic hydroxyl groups is 3. The van der Waals surface area contributed by atoms with Gasteiger partial charge >= 0.3 is 0 Å². The monoisotopic (exact) mass is 1770 g/mol. The fourth-order valence-electron chi connectivity index (χ4n) is 35.0. The van der Waals surface area contributed by atoms with Gasteiger partial charge in [0.15, 0.2) is 0 Å². The standard InChI is InChI=1S/C21H30N.C20H27NO4.C20H27NO.C19H28NO.C19H28N.C18H25NO/c1-4-12-22(3)13-11-21-10-6-5-7-18(21)20(22)15-17-9-8-16(2)14-19(17)21;1-21(2)6-5-20-9-17(24)14(11-23)7-15(20)16(21)8-12-3-4-13(10-22)19(25)18(12)20;1-3-11-21(2)12-10-20-9-5-4-6-17(20)19(21)13-15-7-8-16(22)14-18(15)20;1-20(2)10-9-19-8-4-3-5-16(19)18(20)12-15-7-6-14(13-21)11-17(15)19;1-14-7-8-15-13-18-16-6-4-5-9-19(16,17(15)12-14)10-11-20(18,2)3;1-19(2)10-9-18-8-4-3-5-15(18)17(19)11-13-6-7-14(20)12-16(13)18/h4,8-9,14,18,20H,1,5-7,10-13,15H2,2-3H3;3-4,14-16,22-23H,5-11H2,1-2H3;3,7-8,14,17,19H,1,4-6,9-13H2,2H3;6-7,11,16,18,21H,3-5,8-10,12-13H2,1-2H3;7-8,12,16,18H,4-6,9-11,13H2,1-3H3;6-7,12,15,17H,3-5,8-11H2,1-2H3/q+1;;;2*+1;/p+3/t18?,20?,21-,22+;14?,15?,16?,20-;17?,19?,20-,21+;2*16?,18?,19-;15?,17?,18-/m110010/s1. The van der Waals surface area contributed by atoms with Gasteiger partial charge < -0.3 is 57.5 Å². The molecule has 12 aliphatic carbocycles. The first kappa shape index (κ1) is 92.6. The van der Waals surface area contributed by atoms with Crippen LogP contribution >= 0.6 is 0 Å². The molecule has 12 bridgehead atoms. The second kappa shape index (κ2) is 34.6. The maximum absolute atomic E-state index is 12.7. The average Bonchev–Trinajstić information content (AvgIpc) is 0.700. The first-order valence-electron chi connectivity index (χ1n) is 52.5. The van der Waals surface area contributed by atoms with Crippen LogP contribution in [-0.4, -0.2) is 229 Å². The minimum atomic E-state index is -0.343. The third kappa shape index (κ3) is 15.2. The number of quaternary nitrogens is 6. The zero-order chi connectivity index (χ0) is 91.3. The van der Waals surface area contributed by atoms with Crippen LogP contribution in [0.4, 0.5) is 0 Å². The topological polar surface area (TPSA) is 138 Å². The number of carbonyl (C=O) groups is 1. The van der Waals surface area contributed by atoms with Crippen LogP contribution in [0.2, 0.25) is 0 Å². The lowest BCUT2D eigenvalue weighted by Gasteiger charge is -2.61. The number of Topliss-reactive ketones (excluding diaryl/α,β-unsaturated/α-hetero) is 1. The van der Waals surface area contributed by atoms with Gasteiger partial charge in [0.1, 0.15) is 23.0 Å². The van der Waals surface area contributed by atoms with Crippen molar-refractivity contribution in [1.82, 2.24) is 0 Å². The van der Waals surface area contributed by atoms with Crippen molar-refractivity contribution in [3.8, 4) is 17.2 Å². The van der Waals surface area contributed by atoms with Crippen molar-refractivity contribution in [3.63, 3.8) is 0 Å². The van der Waals surface area contributed by atoms with Gasteiger partial charge in [-0.05, 0) is 188 Å². The highest BCUT2D eigenvalue weighted by molar-refractivity contribution is 5.84. The van der Waals surface area contributed by atoms with Gasteiger partial charge in [-0.2, -0.15) is 0 Å². The molecular weight excluding hydrogens is 1600 g/mol. The number of ketones is 1. The van der Waals surface area contributed by atoms with Crippen molar-refractivity contribution < 1.29 is 62.3 Å². The summed E-state index contributed by atoms with van der Waals surface area (Å²) in [5.74, 6) is 5.52. The van der Waals surface area contributed by atoms with Crippen LogP contribution in [0.3, 0.4) is 0 Å². The summed E-state index contributed by atoms with van der Waals surface area (Å²) in [5, 5.41) is 59.7. The molecule has 6 saturated carbocycles. The van der Waals surface area contributed by atoms with Crippen LogP contribution in [-0.2, 0) is 89.0 Å². The second-order valence-corrected chi connectivity index (χ2v) is 49.5. The number of carbonyl (C=O) groups excluding carboxylic acids is 1. The van der Waals surface area contributed by atoms with Crippen LogP contribution in [0.1, 0.15) is 269 Å². The van der Waals surface area contributed by atoms with Crippen LogP contribution < -0.4 is 0 Å². The highest BCUT2D eigenvalue weighted by Crippen LogP contribution is 2.65. The summed E-state index contributed by atoms with van der Waals surface area (Å²) in [6, 6.07) is 41.9. The van der Waals surface area contributed by atoms with E-state index in [1.807, 2.05) is 24.3 Å². The highest BCUT2D eigenvalue weighted by atomic mass is 16.3. The lowest BCUT2D eigenvalue weighted by molar-refractivity contribution is -0.940. The molecule has 24 rings (SSSR count). The Bertz CT molecular complexity index is 5050. The summed E-state index contributed by atoms with van der Waals surface area (Å²) in [7, 11) is 24.1. The lowest BCUT2D eigenvalue weighted by atomic mass is 9.50. The van der Waals surface area contributed by atoms with Crippen molar-refractivity contribution >= 4 is 5.78 Å². The number of aryl methyl sites for hydroxylation is 2. The maximum Gasteiger partial charge on any atom is 0.139 e. The van der Waals surface area contributed by atoms with E-state index in [-0.39, 0.29) is 48.6 Å². The maximum atomic E-state index is 12.7. The molecule has 6 aromatic rings. The van der Waals surface area contributed by atoms with E-state index in [0.29, 0.717) is 63.0 Å². The summed E-state index contributed by atoms with van der Waals surface area (Å²) in [6.07, 6.45) is 48.1. The van der Waals surface area contributed by atoms with Crippen molar-refractivity contribution in [1.29, 1.82) is 0 Å². The Morgan fingerprint density at radius 1 is 0.354 bits per heavy atom. The molecule has 6 heterocycles. The molecule has 0 amide bonds. The van der Waals surface area contributed by atoms with E-state index in [1.165, 1.54) is 277 Å². The minimum absolute atomic E-state index is 0.0823. The smallest absolute Gasteiger partial charge is 0.139 e. The number of hydrogen-bond acceptors (Lipinski definition) is 7. The number of hydrogen-bond donors (Lipinski definition) is 6. The highest BCUT2D eigenvalue weighted by Gasteiger charge is 2.67. The van der Waals surface area contributed by atoms with E-state index in [4.69, 9.17) is 0 Å². The second-order valence-electron chi connectivity index (χ2n) is 49.5. The van der Waals surface area contributed by atoms with Crippen molar-refractivity contribution in [2.24, 2.45) is 41.4 Å². The number of aliphatic hydroxyl groups is 3. The predicted octanol–water partition coefficient (Wildman–Crippen LogP) is 19.3. The van der Waals surface area contributed by atoms with E-state index < -0.39 is 0 Å². The zero-order valence-electron chi connectivity index (χ0n) is 82.5. The third-order valence-corrected chi connectivity index (χ3v) is 42.0. The summed E-state index contributed by atoms with van der Waals surface area (Å²) in [5.41, 5.74) is 24.4. The summed E-state index contributed by atoms with van der Waals surface area (Å²) < 4.78 is 6.94. The first-order valence-corrected chi connectivity index (χ1v) is 52.5. The van der Waals surface area contributed by atoms with Gasteiger partial charge in [0.25, 0.3) is 0 Å². The van der Waals surface area contributed by atoms with E-state index in [0.717, 1.165) is 118 Å². The molecule has 21 atom stereocenters. The molecular formula is C117H168N6O7+6. The predicted molar refractivity (Wildman–Crippen MR) is 526 cm³/mol. The summed E-state index contributed by atoms with van der Waals surface area (Å²) in [6.45, 7) is 22.2. The van der Waals surface area contributed by atoms with Gasteiger partial charge in [0.2, 0.25) is 0 Å². The van der Waals surface area contributed by atoms with Crippen molar-refractivity contribution in [2.45, 2.75) is 314 Å². The van der Waals surface area contributed by atoms with E-state index in [1.54, 1.807) is 33.4 Å². The Hall–Kier alpha value is -6.49. The third-order valence-electron chi connectivity index (χ3n) is 42.0. The number of phenols is 3. The summed E-state index contributed by atoms with van der Waals surface area (Å²) >= 11 is 0. The number of fused-ring (bicyclic) bond motifs is 6. The van der Waals surface area contributed by atoms with Crippen LogP contribution in [0, 0.1) is 55.3 Å². The summed E-state index contributed by atoms with van der Waals surface area (Å²) in [4.78, 5) is 12.7. The number of piperidine rings is 6. The number of benzene rings is 6. The zero-order valence-corrected chi connectivity index (χ0v) is 82.5. The first-order chi connectivity index (χ1) is 62.1. The molecule has 13 nitrogen and oxygen atoms in total. The number of phenolic OH excluding ortho intramolecular Hbond substituents is 2. The fourth-order valence-corrected chi connectivity index (χ4v) is 35.0. The molecule has 702 valence electrons. The van der Waals surface area contributed by atoms with Gasteiger partial charge in [-0.1, -0.05) is 167 Å². The normalized spacial score (nSPS) is 37.9. The molecule has 0 aromatic heterocycles. The van der Waals surface area contributed by atoms with E-state index >= 15 is 0 Å². The molecule has 13 heteroatoms. The Kier molecular flexibility index (Phi) is 24.7. The molecule has 130 heavy (non-hydrogen) atoms. The van der Waals surface area contributed by atoms with Gasteiger partial charge in [0.05, 0.1) is 179 Å². The van der Waals surface area contributed by atoms with E-state index in [2.05, 4.69) is 188 Å². The molecule has 12 fully saturated rings. The van der Waals surface area contributed by atoms with Crippen molar-refractivity contribution in [3.05, 3.63) is 217 Å². The lowest BCUT2D eigenvalue weighted by Crippen LogP contribution is -2.68. The quantitative estimate of drug-likeness (QED) is 0.0691. The molecule has 0 spiro atoms. The van der Waals surface area contributed by atoms with Gasteiger partial charge in [0, 0.05) is 169 Å². The Morgan fingerprint density at radius 2 is 0.677 bits per heavy atom. The van der Waals surface area contributed by atoms with Gasteiger partial charge in [-0.3, -0.25) is 4.79 Å². The molecule has 6 saturated heterocycles. The fraction of sp³-hybridized carbons (Fsp3) is 0.650. The number of aliphatic hydroxyl groups excluding tert-OH is 3. The largest absolute Gasteiger partial charge is 0.508 e. The Balaban J connectivity index is 0.000000101. The number of nitrogens with zero attached hydrogens (tertiary/aromatic N) is 6. The average molecular weight is 1770 g/mol. The van der Waals surface area contributed by atoms with Crippen LogP contribution in [0.25, 0.3) is 0 Å². The molecule has 13 unspecified atom stereocenters. The van der Waals surface area contributed by atoms with Crippen molar-refractivity contribution in [2.75, 3.05) is 129 Å². The van der Waals surface area contributed by atoms with Gasteiger partial charge in [-0.15, -0.1) is 0 Å². The van der Waals surface area contributed by atoms with Crippen LogP contribution in [0.15, 0.2) is 128 Å². The number of likely N-dealkylation sites (N-methyl/N-ethyl adjacent to an activating group) is 6. The Labute approximate surface area is 783 Å². The minimum Gasteiger partial charge on any atom is -0.508 e. The molecule has 6 N–H and O–H groups in total. The molecule has 6 aromatic carbocycles. The Morgan fingerprint density at radius 3 is 1.05 bits per heavy atom. The molecule has 6 aliphatic heterocycles. The van der Waals surface area contributed by atoms with E-state index in [9.17, 15) is 35.4 Å². The molecule has 18 aliphatic rings. The number of likely N-dealkylation sites (tertiary alicyclic amines) is 6.